The highest BCUT2D eigenvalue weighted by atomic mass is 79.9. The topological polar surface area (TPSA) is 21.3 Å². The van der Waals surface area contributed by atoms with Crippen LogP contribution in [0.1, 0.15) is 52.0 Å². The lowest BCUT2D eigenvalue weighted by Gasteiger charge is -2.21. The molecule has 0 aromatic heterocycles. The van der Waals surface area contributed by atoms with E-state index in [4.69, 9.17) is 4.74 Å². The number of rotatable bonds is 9. The number of allylic oxidation sites excluding steroid dienone is 1. The molecule has 21 heavy (non-hydrogen) atoms. The van der Waals surface area contributed by atoms with Gasteiger partial charge in [-0.05, 0) is 70.2 Å². The third kappa shape index (κ3) is 8.27. The van der Waals surface area contributed by atoms with Gasteiger partial charge < -0.3 is 10.1 Å². The maximum atomic E-state index is 5.84. The molecule has 0 radical (unpaired) electrons. The van der Waals surface area contributed by atoms with Crippen LogP contribution in [-0.4, -0.2) is 12.1 Å². The third-order valence-electron chi connectivity index (χ3n) is 3.15. The molecule has 3 heteroatoms. The zero-order chi connectivity index (χ0) is 15.7. The van der Waals surface area contributed by atoms with E-state index in [1.165, 1.54) is 18.4 Å². The van der Waals surface area contributed by atoms with E-state index in [-0.39, 0.29) is 5.54 Å². The van der Waals surface area contributed by atoms with Gasteiger partial charge >= 0.3 is 0 Å². The summed E-state index contributed by atoms with van der Waals surface area (Å²) in [5.74, 6) is 0.952. The molecule has 0 amide bonds. The van der Waals surface area contributed by atoms with Crippen molar-refractivity contribution < 1.29 is 4.74 Å². The molecule has 1 rings (SSSR count). The summed E-state index contributed by atoms with van der Waals surface area (Å²) >= 11 is 3.60. The summed E-state index contributed by atoms with van der Waals surface area (Å²) in [5.41, 5.74) is 1.34. The molecule has 0 fully saturated rings. The van der Waals surface area contributed by atoms with Gasteiger partial charge in [0.25, 0.3) is 0 Å². The van der Waals surface area contributed by atoms with Gasteiger partial charge in [-0.15, -0.1) is 6.58 Å². The Bertz CT molecular complexity index is 437. The molecule has 1 N–H and O–H groups in total. The Hall–Kier alpha value is -0.800. The van der Waals surface area contributed by atoms with E-state index in [1.54, 1.807) is 0 Å². The zero-order valence-electron chi connectivity index (χ0n) is 13.5. The van der Waals surface area contributed by atoms with E-state index in [0.717, 1.165) is 36.2 Å². The van der Waals surface area contributed by atoms with Crippen LogP contribution < -0.4 is 10.1 Å². The zero-order valence-corrected chi connectivity index (χ0v) is 15.1. The van der Waals surface area contributed by atoms with Crippen molar-refractivity contribution in [3.8, 4) is 5.75 Å². The van der Waals surface area contributed by atoms with E-state index in [2.05, 4.69) is 60.7 Å². The lowest BCUT2D eigenvalue weighted by atomic mass is 10.1. The van der Waals surface area contributed by atoms with Crippen LogP contribution in [0.3, 0.4) is 0 Å². The molecule has 1 aromatic carbocycles. The maximum absolute atomic E-state index is 5.84. The number of unbranched alkanes of at least 4 members (excludes halogenated alkanes) is 3. The fraction of sp³-hybridized carbons (Fsp3) is 0.556. The van der Waals surface area contributed by atoms with Gasteiger partial charge in [0, 0.05) is 16.6 Å². The molecular formula is C18H28BrNO. The molecule has 0 unspecified atom stereocenters. The lowest BCUT2D eigenvalue weighted by Crippen LogP contribution is -2.35. The second-order valence-corrected chi connectivity index (χ2v) is 7.20. The van der Waals surface area contributed by atoms with Gasteiger partial charge in [0.2, 0.25) is 0 Å². The largest absolute Gasteiger partial charge is 0.494 e. The molecule has 0 aliphatic carbocycles. The van der Waals surface area contributed by atoms with Crippen LogP contribution in [0.4, 0.5) is 0 Å². The fourth-order valence-electron chi connectivity index (χ4n) is 1.89. The van der Waals surface area contributed by atoms with Gasteiger partial charge in [-0.1, -0.05) is 22.0 Å². The summed E-state index contributed by atoms with van der Waals surface area (Å²) in [6.07, 6.45) is 6.57. The van der Waals surface area contributed by atoms with Crippen molar-refractivity contribution in [2.24, 2.45) is 0 Å². The normalized spacial score (nSPS) is 11.4. The quantitative estimate of drug-likeness (QED) is 0.469. The Morgan fingerprint density at radius 2 is 2.00 bits per heavy atom. The predicted molar refractivity (Wildman–Crippen MR) is 94.9 cm³/mol. The van der Waals surface area contributed by atoms with Crippen LogP contribution in [0.2, 0.25) is 0 Å². The van der Waals surface area contributed by atoms with Crippen LogP contribution in [-0.2, 0) is 6.54 Å². The Balaban J connectivity index is 2.43. The molecule has 0 spiro atoms. The summed E-state index contributed by atoms with van der Waals surface area (Å²) < 4.78 is 6.96. The summed E-state index contributed by atoms with van der Waals surface area (Å²) in [5, 5.41) is 3.50. The van der Waals surface area contributed by atoms with Crippen LogP contribution in [0.5, 0.6) is 5.75 Å². The first-order valence-corrected chi connectivity index (χ1v) is 8.49. The summed E-state index contributed by atoms with van der Waals surface area (Å²) in [7, 11) is 0. The van der Waals surface area contributed by atoms with Crippen LogP contribution in [0.25, 0.3) is 0 Å². The third-order valence-corrected chi connectivity index (χ3v) is 3.92. The van der Waals surface area contributed by atoms with Crippen molar-refractivity contribution in [2.45, 2.75) is 58.5 Å². The molecule has 0 aliphatic heterocycles. The van der Waals surface area contributed by atoms with Crippen LogP contribution in [0, 0.1) is 0 Å². The van der Waals surface area contributed by atoms with Crippen LogP contribution >= 0.6 is 15.9 Å². The minimum absolute atomic E-state index is 0.113. The lowest BCUT2D eigenvalue weighted by molar-refractivity contribution is 0.305. The highest BCUT2D eigenvalue weighted by molar-refractivity contribution is 9.10. The van der Waals surface area contributed by atoms with Crippen molar-refractivity contribution in [1.82, 2.24) is 5.32 Å². The Kier molecular flexibility index (Phi) is 8.05. The monoisotopic (exact) mass is 353 g/mol. The highest BCUT2D eigenvalue weighted by Crippen LogP contribution is 2.23. The highest BCUT2D eigenvalue weighted by Gasteiger charge is 2.10. The van der Waals surface area contributed by atoms with Crippen molar-refractivity contribution in [3.63, 3.8) is 0 Å². The van der Waals surface area contributed by atoms with E-state index in [9.17, 15) is 0 Å². The molecule has 118 valence electrons. The standard InChI is InChI=1S/C18H28BrNO/c1-5-6-7-8-9-12-21-16-10-11-17(19)15(13-16)14-20-18(2,3)4/h5,10-11,13,20H,1,6-9,12,14H2,2-4H3. The summed E-state index contributed by atoms with van der Waals surface area (Å²) in [4.78, 5) is 0. The van der Waals surface area contributed by atoms with Gasteiger partial charge in [0.05, 0.1) is 6.61 Å². The SMILES string of the molecule is C=CCCCCCOc1ccc(Br)c(CNC(C)(C)C)c1. The van der Waals surface area contributed by atoms with E-state index >= 15 is 0 Å². The minimum Gasteiger partial charge on any atom is -0.494 e. The minimum atomic E-state index is 0.113. The fourth-order valence-corrected chi connectivity index (χ4v) is 2.28. The Morgan fingerprint density at radius 1 is 1.24 bits per heavy atom. The molecule has 0 heterocycles. The number of ether oxygens (including phenoxy) is 1. The van der Waals surface area contributed by atoms with Gasteiger partial charge in [-0.25, -0.2) is 0 Å². The second-order valence-electron chi connectivity index (χ2n) is 6.34. The van der Waals surface area contributed by atoms with Gasteiger partial charge in [0.15, 0.2) is 0 Å². The van der Waals surface area contributed by atoms with Crippen molar-refractivity contribution in [3.05, 3.63) is 40.9 Å². The van der Waals surface area contributed by atoms with Gasteiger partial charge in [-0.3, -0.25) is 0 Å². The first kappa shape index (κ1) is 18.2. The molecule has 2 nitrogen and oxygen atoms in total. The molecule has 1 aromatic rings. The molecule has 0 bridgehead atoms. The van der Waals surface area contributed by atoms with Crippen LogP contribution in [0.15, 0.2) is 35.3 Å². The number of benzene rings is 1. The summed E-state index contributed by atoms with van der Waals surface area (Å²) in [6, 6.07) is 6.20. The number of hydrogen-bond acceptors (Lipinski definition) is 2. The Labute approximate surface area is 138 Å². The average molecular weight is 354 g/mol. The van der Waals surface area contributed by atoms with Gasteiger partial charge in [0.1, 0.15) is 5.75 Å². The molecule has 0 saturated carbocycles. The first-order chi connectivity index (χ1) is 9.92. The molecule has 0 saturated heterocycles. The number of nitrogens with one attached hydrogen (secondary N) is 1. The average Bonchev–Trinajstić information content (AvgIpc) is 2.42. The smallest absolute Gasteiger partial charge is 0.119 e. The van der Waals surface area contributed by atoms with Gasteiger partial charge in [-0.2, -0.15) is 0 Å². The molecule has 0 atom stereocenters. The molecular weight excluding hydrogens is 326 g/mol. The van der Waals surface area contributed by atoms with Crippen molar-refractivity contribution >= 4 is 15.9 Å². The first-order valence-electron chi connectivity index (χ1n) is 7.69. The predicted octanol–water partition coefficient (Wildman–Crippen LogP) is 5.46. The van der Waals surface area contributed by atoms with Crippen molar-refractivity contribution in [1.29, 1.82) is 0 Å². The van der Waals surface area contributed by atoms with E-state index in [1.807, 2.05) is 12.1 Å². The van der Waals surface area contributed by atoms with Crippen molar-refractivity contribution in [2.75, 3.05) is 6.61 Å². The van der Waals surface area contributed by atoms with E-state index < -0.39 is 0 Å². The summed E-state index contributed by atoms with van der Waals surface area (Å²) in [6.45, 7) is 11.9. The Morgan fingerprint density at radius 3 is 2.67 bits per heavy atom. The number of halogens is 1. The molecule has 0 aliphatic rings. The second kappa shape index (κ2) is 9.26. The number of hydrogen-bond donors (Lipinski definition) is 1. The van der Waals surface area contributed by atoms with E-state index in [0.29, 0.717) is 0 Å². The maximum Gasteiger partial charge on any atom is 0.119 e.